The summed E-state index contributed by atoms with van der Waals surface area (Å²) in [6.07, 6.45) is 4.62. The summed E-state index contributed by atoms with van der Waals surface area (Å²) >= 11 is 0. The van der Waals surface area contributed by atoms with Crippen molar-refractivity contribution < 1.29 is 14.3 Å². The predicted molar refractivity (Wildman–Crippen MR) is 114 cm³/mol. The van der Waals surface area contributed by atoms with Gasteiger partial charge in [0, 0.05) is 12.6 Å². The molecular formula is C24H30N2O3. The molecule has 5 nitrogen and oxygen atoms in total. The summed E-state index contributed by atoms with van der Waals surface area (Å²) < 4.78 is 5.31. The summed E-state index contributed by atoms with van der Waals surface area (Å²) in [5, 5.41) is 3.13. The molecular weight excluding hydrogens is 364 g/mol. The van der Waals surface area contributed by atoms with Crippen LogP contribution in [0.1, 0.15) is 43.7 Å². The first-order chi connectivity index (χ1) is 14.1. The topological polar surface area (TPSA) is 58.6 Å². The zero-order chi connectivity index (χ0) is 20.6. The molecule has 0 aliphatic heterocycles. The van der Waals surface area contributed by atoms with Crippen LogP contribution in [0.25, 0.3) is 0 Å². The van der Waals surface area contributed by atoms with Gasteiger partial charge < -0.3 is 15.0 Å². The van der Waals surface area contributed by atoms with E-state index in [1.165, 1.54) is 0 Å². The summed E-state index contributed by atoms with van der Waals surface area (Å²) in [5.74, 6) is 0.593. The molecule has 1 atom stereocenters. The van der Waals surface area contributed by atoms with Gasteiger partial charge in [0.2, 0.25) is 11.8 Å². The van der Waals surface area contributed by atoms with Gasteiger partial charge >= 0.3 is 0 Å². The van der Waals surface area contributed by atoms with Crippen LogP contribution in [-0.4, -0.2) is 35.9 Å². The van der Waals surface area contributed by atoms with Crippen molar-refractivity contribution in [1.82, 2.24) is 10.2 Å². The molecule has 29 heavy (non-hydrogen) atoms. The zero-order valence-electron chi connectivity index (χ0n) is 17.3. The molecule has 1 N–H and O–H groups in total. The minimum Gasteiger partial charge on any atom is -0.497 e. The van der Waals surface area contributed by atoms with Crippen molar-refractivity contribution in [3.05, 3.63) is 65.7 Å². The summed E-state index contributed by atoms with van der Waals surface area (Å²) in [5.41, 5.74) is 1.88. The van der Waals surface area contributed by atoms with E-state index in [9.17, 15) is 9.59 Å². The fourth-order valence-electron chi connectivity index (χ4n) is 3.81. The van der Waals surface area contributed by atoms with Crippen LogP contribution in [0.4, 0.5) is 0 Å². The number of rotatable bonds is 8. The van der Waals surface area contributed by atoms with Crippen LogP contribution >= 0.6 is 0 Å². The van der Waals surface area contributed by atoms with E-state index in [1.54, 1.807) is 12.0 Å². The van der Waals surface area contributed by atoms with Gasteiger partial charge in [-0.05, 0) is 43.0 Å². The van der Waals surface area contributed by atoms with Crippen LogP contribution in [0.5, 0.6) is 5.75 Å². The number of nitrogens with zero attached hydrogens (tertiary/aromatic N) is 1. The van der Waals surface area contributed by atoms with Crippen molar-refractivity contribution in [2.75, 3.05) is 7.11 Å². The molecule has 0 unspecified atom stereocenters. The average molecular weight is 395 g/mol. The Morgan fingerprint density at radius 1 is 1.07 bits per heavy atom. The molecule has 1 saturated carbocycles. The van der Waals surface area contributed by atoms with Gasteiger partial charge in [-0.25, -0.2) is 0 Å². The van der Waals surface area contributed by atoms with Gasteiger partial charge in [-0.15, -0.1) is 0 Å². The lowest BCUT2D eigenvalue weighted by atomic mass is 10.1. The molecule has 2 amide bonds. The number of benzene rings is 2. The average Bonchev–Trinajstić information content (AvgIpc) is 3.25. The number of carbonyl (C=O) groups excluding carboxylic acids is 2. The number of amides is 2. The van der Waals surface area contributed by atoms with Gasteiger partial charge in [0.25, 0.3) is 0 Å². The fraction of sp³-hybridized carbons (Fsp3) is 0.417. The van der Waals surface area contributed by atoms with Crippen molar-refractivity contribution in [2.45, 2.75) is 57.7 Å². The minimum absolute atomic E-state index is 0.0620. The van der Waals surface area contributed by atoms with E-state index in [1.807, 2.05) is 61.5 Å². The summed E-state index contributed by atoms with van der Waals surface area (Å²) in [7, 11) is 1.62. The molecule has 154 valence electrons. The monoisotopic (exact) mass is 394 g/mol. The molecule has 0 heterocycles. The van der Waals surface area contributed by atoms with Gasteiger partial charge in [-0.1, -0.05) is 55.3 Å². The Balaban J connectivity index is 1.77. The lowest BCUT2D eigenvalue weighted by Crippen LogP contribution is -2.50. The maximum absolute atomic E-state index is 13.2. The van der Waals surface area contributed by atoms with Crippen molar-refractivity contribution >= 4 is 11.8 Å². The first-order valence-corrected chi connectivity index (χ1v) is 10.3. The third-order valence-corrected chi connectivity index (χ3v) is 5.55. The maximum Gasteiger partial charge on any atom is 0.242 e. The summed E-state index contributed by atoms with van der Waals surface area (Å²) in [6, 6.07) is 17.0. The summed E-state index contributed by atoms with van der Waals surface area (Å²) in [6.45, 7) is 2.18. The molecule has 3 rings (SSSR count). The van der Waals surface area contributed by atoms with Crippen molar-refractivity contribution in [2.24, 2.45) is 0 Å². The van der Waals surface area contributed by atoms with Crippen LogP contribution in [0, 0.1) is 0 Å². The molecule has 0 bridgehead atoms. The Bertz CT molecular complexity index is 816. The second-order valence-electron chi connectivity index (χ2n) is 7.70. The molecule has 1 fully saturated rings. The summed E-state index contributed by atoms with van der Waals surface area (Å²) in [4.78, 5) is 27.7. The fourth-order valence-corrected chi connectivity index (χ4v) is 3.81. The van der Waals surface area contributed by atoms with Gasteiger partial charge in [0.1, 0.15) is 11.8 Å². The third-order valence-electron chi connectivity index (χ3n) is 5.55. The highest BCUT2D eigenvalue weighted by molar-refractivity contribution is 5.88. The van der Waals surface area contributed by atoms with Crippen molar-refractivity contribution in [3.63, 3.8) is 0 Å². The minimum atomic E-state index is -0.544. The number of ether oxygens (including phenoxy) is 1. The highest BCUT2D eigenvalue weighted by atomic mass is 16.5. The van der Waals surface area contributed by atoms with Gasteiger partial charge in [0.15, 0.2) is 0 Å². The number of carbonyl (C=O) groups is 2. The Hall–Kier alpha value is -2.82. The molecule has 0 saturated heterocycles. The number of hydrogen-bond donors (Lipinski definition) is 1. The first kappa shape index (κ1) is 20.9. The molecule has 1 aliphatic rings. The largest absolute Gasteiger partial charge is 0.497 e. The van der Waals surface area contributed by atoms with Gasteiger partial charge in [0.05, 0.1) is 13.5 Å². The smallest absolute Gasteiger partial charge is 0.242 e. The first-order valence-electron chi connectivity index (χ1n) is 10.3. The van der Waals surface area contributed by atoms with Crippen LogP contribution in [0.15, 0.2) is 54.6 Å². The van der Waals surface area contributed by atoms with Crippen molar-refractivity contribution in [1.29, 1.82) is 0 Å². The number of nitrogens with one attached hydrogen (secondary N) is 1. The zero-order valence-corrected chi connectivity index (χ0v) is 17.3. The van der Waals surface area contributed by atoms with Crippen LogP contribution in [0.2, 0.25) is 0 Å². The van der Waals surface area contributed by atoms with Crippen LogP contribution in [-0.2, 0) is 22.6 Å². The standard InChI is InChI=1S/C24H30N2O3/c1-18(24(28)25-21-12-6-7-13-21)26(17-20-11-8-14-22(15-20)29-2)23(27)16-19-9-4-3-5-10-19/h3-5,8-11,14-15,18,21H,6-7,12-13,16-17H2,1-2H3,(H,25,28)/t18-/m0/s1. The third kappa shape index (κ3) is 5.83. The molecule has 0 aromatic heterocycles. The van der Waals surface area contributed by atoms with E-state index in [2.05, 4.69) is 5.32 Å². The normalized spacial score (nSPS) is 15.0. The van der Waals surface area contributed by atoms with Crippen LogP contribution < -0.4 is 10.1 Å². The number of hydrogen-bond acceptors (Lipinski definition) is 3. The van der Waals surface area contributed by atoms with E-state index in [0.717, 1.165) is 42.6 Å². The lowest BCUT2D eigenvalue weighted by Gasteiger charge is -2.30. The molecule has 5 heteroatoms. The lowest BCUT2D eigenvalue weighted by molar-refractivity contribution is -0.140. The quantitative estimate of drug-likeness (QED) is 0.742. The Labute approximate surface area is 173 Å². The Kier molecular flexibility index (Phi) is 7.28. The Morgan fingerprint density at radius 2 is 1.76 bits per heavy atom. The van der Waals surface area contributed by atoms with Crippen molar-refractivity contribution in [3.8, 4) is 5.75 Å². The molecule has 0 spiro atoms. The van der Waals surface area contributed by atoms with E-state index in [-0.39, 0.29) is 24.3 Å². The maximum atomic E-state index is 13.2. The predicted octanol–water partition coefficient (Wildman–Crippen LogP) is 3.71. The SMILES string of the molecule is COc1cccc(CN(C(=O)Cc2ccccc2)[C@@H](C)C(=O)NC2CCCC2)c1. The van der Waals surface area contributed by atoms with Gasteiger partial charge in [-0.2, -0.15) is 0 Å². The molecule has 1 aliphatic carbocycles. The van der Waals surface area contributed by atoms with Gasteiger partial charge in [-0.3, -0.25) is 9.59 Å². The van der Waals surface area contributed by atoms with E-state index < -0.39 is 6.04 Å². The van der Waals surface area contributed by atoms with E-state index in [0.29, 0.717) is 6.54 Å². The molecule has 2 aromatic rings. The second kappa shape index (κ2) is 10.1. The molecule has 0 radical (unpaired) electrons. The number of methoxy groups -OCH3 is 1. The second-order valence-corrected chi connectivity index (χ2v) is 7.70. The van der Waals surface area contributed by atoms with E-state index >= 15 is 0 Å². The van der Waals surface area contributed by atoms with E-state index in [4.69, 9.17) is 4.74 Å². The van der Waals surface area contributed by atoms with Crippen LogP contribution in [0.3, 0.4) is 0 Å². The Morgan fingerprint density at radius 3 is 2.45 bits per heavy atom. The highest BCUT2D eigenvalue weighted by Gasteiger charge is 2.28. The molecule has 2 aromatic carbocycles. The highest BCUT2D eigenvalue weighted by Crippen LogP contribution is 2.20.